The number of esters is 3. The summed E-state index contributed by atoms with van der Waals surface area (Å²) in [6.45, 7) is 9.96. The highest BCUT2D eigenvalue weighted by Crippen LogP contribution is 2.70. The van der Waals surface area contributed by atoms with Crippen molar-refractivity contribution in [3.05, 3.63) is 0 Å². The van der Waals surface area contributed by atoms with Crippen molar-refractivity contribution in [2.75, 3.05) is 0 Å². The van der Waals surface area contributed by atoms with Crippen LogP contribution in [0.3, 0.4) is 0 Å². The van der Waals surface area contributed by atoms with E-state index in [2.05, 4.69) is 0 Å². The highest BCUT2D eigenvalue weighted by atomic mass is 16.7. The lowest BCUT2D eigenvalue weighted by Crippen LogP contribution is -2.75. The third kappa shape index (κ3) is 3.89. The third-order valence-corrected chi connectivity index (χ3v) is 10.2. The summed E-state index contributed by atoms with van der Waals surface area (Å²) < 4.78 is 17.4. The van der Waals surface area contributed by atoms with Crippen molar-refractivity contribution < 1.29 is 38.8 Å². The lowest BCUT2D eigenvalue weighted by molar-refractivity contribution is -0.332. The van der Waals surface area contributed by atoms with Crippen molar-refractivity contribution in [3.63, 3.8) is 0 Å². The third-order valence-electron chi connectivity index (χ3n) is 10.2. The average molecular weight is 509 g/mol. The van der Waals surface area contributed by atoms with Gasteiger partial charge < -0.3 is 24.4 Å². The van der Waals surface area contributed by atoms with Crippen LogP contribution >= 0.6 is 0 Å². The van der Waals surface area contributed by atoms with Crippen LogP contribution < -0.4 is 0 Å². The molecule has 4 saturated carbocycles. The summed E-state index contributed by atoms with van der Waals surface area (Å²) in [5, 5.41) is 25.0. The molecule has 0 spiro atoms. The molecule has 204 valence electrons. The fourth-order valence-electron chi connectivity index (χ4n) is 8.43. The first kappa shape index (κ1) is 27.4. The number of hydrogen-bond acceptors (Lipinski definition) is 8. The zero-order valence-electron chi connectivity index (χ0n) is 22.7. The summed E-state index contributed by atoms with van der Waals surface area (Å²) in [7, 11) is 0. The van der Waals surface area contributed by atoms with Gasteiger partial charge in [-0.3, -0.25) is 14.4 Å². The summed E-state index contributed by atoms with van der Waals surface area (Å²) in [6.07, 6.45) is 4.73. The van der Waals surface area contributed by atoms with Crippen LogP contribution in [0.25, 0.3) is 0 Å². The normalized spacial score (nSPS) is 42.1. The van der Waals surface area contributed by atoms with Crippen LogP contribution in [0.5, 0.6) is 0 Å². The van der Waals surface area contributed by atoms with Gasteiger partial charge in [-0.1, -0.05) is 19.8 Å². The molecule has 0 aromatic carbocycles. The standard InChI is InChI=1S/C28H44O8/c1-17(29)34-23(35-18(2)30)26-13-8-7-9-19(26)10-15-27(32)20(26)11-14-25(6)21(12-16-28(25,27)33)36-22(31)24(3,4)5/h19-21,23,32-33H,7-16H2,1-6H3/t19?,20-,21?,25+,26+,27-,28-/m0/s1. The van der Waals surface area contributed by atoms with Gasteiger partial charge in [-0.25, -0.2) is 0 Å². The largest absolute Gasteiger partial charge is 0.461 e. The minimum atomic E-state index is -1.49. The highest BCUT2D eigenvalue weighted by Gasteiger charge is 2.76. The Morgan fingerprint density at radius 2 is 1.50 bits per heavy atom. The summed E-state index contributed by atoms with van der Waals surface area (Å²) in [4.78, 5) is 37.1. The van der Waals surface area contributed by atoms with E-state index in [1.165, 1.54) is 13.8 Å². The first-order valence-electron chi connectivity index (χ1n) is 13.6. The zero-order valence-corrected chi connectivity index (χ0v) is 22.7. The van der Waals surface area contributed by atoms with E-state index in [1.54, 1.807) is 0 Å². The fraction of sp³-hybridized carbons (Fsp3) is 0.893. The Kier molecular flexibility index (Phi) is 6.82. The Labute approximate surface area is 214 Å². The maximum Gasteiger partial charge on any atom is 0.311 e. The van der Waals surface area contributed by atoms with Crippen LogP contribution in [0, 0.1) is 28.1 Å². The van der Waals surface area contributed by atoms with Gasteiger partial charge in [-0.05, 0) is 78.1 Å². The monoisotopic (exact) mass is 508 g/mol. The Balaban J connectivity index is 1.76. The molecule has 7 atom stereocenters. The first-order chi connectivity index (χ1) is 16.6. The molecule has 0 aromatic rings. The Bertz CT molecular complexity index is 894. The Hall–Kier alpha value is -1.67. The van der Waals surface area contributed by atoms with Crippen LogP contribution in [0.15, 0.2) is 0 Å². The van der Waals surface area contributed by atoms with E-state index in [0.717, 1.165) is 19.3 Å². The lowest BCUT2D eigenvalue weighted by Gasteiger charge is -2.67. The molecule has 0 aromatic heterocycles. The predicted octanol–water partition coefficient (Wildman–Crippen LogP) is 4.04. The summed E-state index contributed by atoms with van der Waals surface area (Å²) in [5.41, 5.74) is -5.25. The molecule has 8 nitrogen and oxygen atoms in total. The predicted molar refractivity (Wildman–Crippen MR) is 130 cm³/mol. The minimum Gasteiger partial charge on any atom is -0.461 e. The molecule has 0 saturated heterocycles. The molecule has 4 aliphatic carbocycles. The van der Waals surface area contributed by atoms with Crippen molar-refractivity contribution in [2.24, 2.45) is 28.1 Å². The van der Waals surface area contributed by atoms with E-state index in [1.807, 2.05) is 27.7 Å². The Morgan fingerprint density at radius 3 is 2.08 bits per heavy atom. The van der Waals surface area contributed by atoms with Crippen LogP contribution in [-0.4, -0.2) is 51.7 Å². The number of aliphatic hydroxyl groups is 2. The summed E-state index contributed by atoms with van der Waals surface area (Å²) in [5.74, 6) is -1.72. The average Bonchev–Trinajstić information content (AvgIpc) is 3.03. The molecule has 8 heteroatoms. The number of hydrogen-bond donors (Lipinski definition) is 2. The summed E-state index contributed by atoms with van der Waals surface area (Å²) in [6, 6.07) is 0. The van der Waals surface area contributed by atoms with E-state index in [9.17, 15) is 24.6 Å². The van der Waals surface area contributed by atoms with Crippen LogP contribution in [0.1, 0.15) is 106 Å². The molecule has 2 N–H and O–H groups in total. The number of carbonyl (C=O) groups is 3. The second-order valence-electron chi connectivity index (χ2n) is 13.1. The zero-order chi connectivity index (χ0) is 26.7. The molecular weight excluding hydrogens is 464 g/mol. The van der Waals surface area contributed by atoms with Crippen molar-refractivity contribution in [1.82, 2.24) is 0 Å². The van der Waals surface area contributed by atoms with Gasteiger partial charge in [0.15, 0.2) is 0 Å². The number of fused-ring (bicyclic) bond motifs is 5. The molecule has 0 aliphatic heterocycles. The van der Waals surface area contributed by atoms with E-state index in [0.29, 0.717) is 44.9 Å². The van der Waals surface area contributed by atoms with Gasteiger partial charge in [-0.2, -0.15) is 0 Å². The topological polar surface area (TPSA) is 119 Å². The molecule has 0 radical (unpaired) electrons. The molecule has 0 amide bonds. The second kappa shape index (κ2) is 8.97. The van der Waals surface area contributed by atoms with Gasteiger partial charge in [0.2, 0.25) is 0 Å². The maximum absolute atomic E-state index is 12.8. The van der Waals surface area contributed by atoms with Gasteiger partial charge in [0.05, 0.1) is 16.4 Å². The quantitative estimate of drug-likeness (QED) is 0.431. The Morgan fingerprint density at radius 1 is 0.861 bits per heavy atom. The molecule has 4 rings (SSSR count). The molecule has 2 unspecified atom stereocenters. The van der Waals surface area contributed by atoms with Crippen LogP contribution in [0.2, 0.25) is 0 Å². The highest BCUT2D eigenvalue weighted by molar-refractivity contribution is 5.75. The van der Waals surface area contributed by atoms with Crippen molar-refractivity contribution in [2.45, 2.75) is 129 Å². The van der Waals surface area contributed by atoms with Gasteiger partial charge in [0, 0.05) is 25.2 Å². The molecule has 4 aliphatic rings. The van der Waals surface area contributed by atoms with E-state index in [-0.39, 0.29) is 11.9 Å². The van der Waals surface area contributed by atoms with Gasteiger partial charge in [0.25, 0.3) is 6.29 Å². The second-order valence-corrected chi connectivity index (χ2v) is 13.1. The smallest absolute Gasteiger partial charge is 0.311 e. The van der Waals surface area contributed by atoms with E-state index < -0.39 is 57.7 Å². The van der Waals surface area contributed by atoms with Crippen LogP contribution in [0.4, 0.5) is 0 Å². The van der Waals surface area contributed by atoms with Crippen molar-refractivity contribution in [1.29, 1.82) is 0 Å². The van der Waals surface area contributed by atoms with Crippen LogP contribution in [-0.2, 0) is 28.6 Å². The van der Waals surface area contributed by atoms with Gasteiger partial charge in [0.1, 0.15) is 11.7 Å². The van der Waals surface area contributed by atoms with Crippen molar-refractivity contribution in [3.8, 4) is 0 Å². The van der Waals surface area contributed by atoms with E-state index in [4.69, 9.17) is 14.2 Å². The maximum atomic E-state index is 12.8. The van der Waals surface area contributed by atoms with E-state index >= 15 is 0 Å². The van der Waals surface area contributed by atoms with Gasteiger partial charge in [-0.15, -0.1) is 0 Å². The van der Waals surface area contributed by atoms with Gasteiger partial charge >= 0.3 is 17.9 Å². The number of ether oxygens (including phenoxy) is 3. The lowest BCUT2D eigenvalue weighted by atomic mass is 9.41. The molecule has 36 heavy (non-hydrogen) atoms. The molecule has 0 heterocycles. The number of rotatable bonds is 4. The minimum absolute atomic E-state index is 0.101. The first-order valence-corrected chi connectivity index (χ1v) is 13.6. The molecular formula is C28H44O8. The molecule has 0 bridgehead atoms. The SMILES string of the molecule is CC(=O)OC(OC(C)=O)[C@]12CCCCC1CC[C@]1(O)[C@H]2CC[C@]2(C)C(OC(=O)C(C)(C)C)CC[C@]21O. The fourth-order valence-corrected chi connectivity index (χ4v) is 8.43. The van der Waals surface area contributed by atoms with Crippen molar-refractivity contribution >= 4 is 17.9 Å². The molecule has 4 fully saturated rings. The summed E-state index contributed by atoms with van der Waals surface area (Å²) >= 11 is 0. The number of carbonyl (C=O) groups excluding carboxylic acids is 3.